The van der Waals surface area contributed by atoms with Crippen LogP contribution in [0.1, 0.15) is 16.1 Å². The average molecular weight is 233 g/mol. The molecule has 1 amide bonds. The van der Waals surface area contributed by atoms with Crippen LogP contribution in [0.25, 0.3) is 11.0 Å². The van der Waals surface area contributed by atoms with Crippen molar-refractivity contribution < 1.29 is 4.79 Å². The number of carbonyl (C=O) groups excluding carboxylic acids is 1. The predicted molar refractivity (Wildman–Crippen MR) is 64.6 cm³/mol. The molecular formula is C11H15N5O. The zero-order valence-electron chi connectivity index (χ0n) is 9.90. The molecule has 0 aromatic carbocycles. The first kappa shape index (κ1) is 11.5. The van der Waals surface area contributed by atoms with Gasteiger partial charge in [0.1, 0.15) is 0 Å². The second kappa shape index (κ2) is 4.50. The van der Waals surface area contributed by atoms with Gasteiger partial charge in [0.05, 0.1) is 11.3 Å². The highest BCUT2D eigenvalue weighted by Gasteiger charge is 2.10. The number of pyridine rings is 1. The average Bonchev–Trinajstić information content (AvgIpc) is 2.61. The van der Waals surface area contributed by atoms with Crippen LogP contribution in [0.5, 0.6) is 0 Å². The molecule has 6 heteroatoms. The van der Waals surface area contributed by atoms with Gasteiger partial charge in [-0.3, -0.25) is 9.48 Å². The first-order valence-corrected chi connectivity index (χ1v) is 5.41. The van der Waals surface area contributed by atoms with Gasteiger partial charge in [0.15, 0.2) is 5.65 Å². The van der Waals surface area contributed by atoms with Crippen molar-refractivity contribution in [2.75, 3.05) is 13.1 Å². The lowest BCUT2D eigenvalue weighted by Crippen LogP contribution is -2.29. The van der Waals surface area contributed by atoms with Crippen molar-refractivity contribution in [3.8, 4) is 0 Å². The summed E-state index contributed by atoms with van der Waals surface area (Å²) in [5, 5.41) is 7.86. The van der Waals surface area contributed by atoms with Crippen LogP contribution in [0.2, 0.25) is 0 Å². The van der Waals surface area contributed by atoms with Crippen LogP contribution in [-0.4, -0.2) is 33.8 Å². The molecule has 0 aliphatic rings. The van der Waals surface area contributed by atoms with Crippen molar-refractivity contribution in [2.24, 2.45) is 12.8 Å². The van der Waals surface area contributed by atoms with E-state index in [1.165, 1.54) is 0 Å². The summed E-state index contributed by atoms with van der Waals surface area (Å²) < 4.78 is 1.70. The standard InChI is InChI=1S/C11H15N5O/c1-7-9-5-8(11(17)13-4-3-12)6-14-10(9)16(2)15-7/h5-6H,3-4,12H2,1-2H3,(H,13,17). The zero-order valence-corrected chi connectivity index (χ0v) is 9.90. The minimum Gasteiger partial charge on any atom is -0.351 e. The van der Waals surface area contributed by atoms with Gasteiger partial charge in [-0.1, -0.05) is 0 Å². The number of aryl methyl sites for hydroxylation is 2. The number of hydrogen-bond donors (Lipinski definition) is 2. The lowest BCUT2D eigenvalue weighted by atomic mass is 10.2. The first-order chi connectivity index (χ1) is 8.13. The van der Waals surface area contributed by atoms with E-state index in [4.69, 9.17) is 5.73 Å². The Hall–Kier alpha value is -1.95. The van der Waals surface area contributed by atoms with E-state index < -0.39 is 0 Å². The van der Waals surface area contributed by atoms with Gasteiger partial charge in [-0.2, -0.15) is 5.10 Å². The summed E-state index contributed by atoms with van der Waals surface area (Å²) in [6.07, 6.45) is 1.55. The Balaban J connectivity index is 2.37. The minimum atomic E-state index is -0.159. The SMILES string of the molecule is Cc1nn(C)c2ncc(C(=O)NCCN)cc12. The lowest BCUT2D eigenvalue weighted by Gasteiger charge is -2.03. The van der Waals surface area contributed by atoms with E-state index in [9.17, 15) is 4.79 Å². The molecule has 0 atom stereocenters. The Morgan fingerprint density at radius 2 is 2.35 bits per heavy atom. The molecular weight excluding hydrogens is 218 g/mol. The number of aromatic nitrogens is 3. The number of carbonyl (C=O) groups is 1. The molecule has 2 aromatic rings. The molecule has 0 bridgehead atoms. The maximum atomic E-state index is 11.7. The smallest absolute Gasteiger partial charge is 0.252 e. The van der Waals surface area contributed by atoms with Crippen molar-refractivity contribution in [1.82, 2.24) is 20.1 Å². The van der Waals surface area contributed by atoms with E-state index in [1.54, 1.807) is 16.9 Å². The number of nitrogens with one attached hydrogen (secondary N) is 1. The summed E-state index contributed by atoms with van der Waals surface area (Å²) in [6.45, 7) is 2.78. The third-order valence-electron chi connectivity index (χ3n) is 2.56. The topological polar surface area (TPSA) is 85.8 Å². The lowest BCUT2D eigenvalue weighted by molar-refractivity contribution is 0.0954. The largest absolute Gasteiger partial charge is 0.351 e. The molecule has 0 saturated heterocycles. The molecule has 0 radical (unpaired) electrons. The van der Waals surface area contributed by atoms with Gasteiger partial charge in [0.25, 0.3) is 5.91 Å². The summed E-state index contributed by atoms with van der Waals surface area (Å²) in [7, 11) is 1.83. The van der Waals surface area contributed by atoms with E-state index in [1.807, 2.05) is 14.0 Å². The van der Waals surface area contributed by atoms with Crippen molar-refractivity contribution in [1.29, 1.82) is 0 Å². The molecule has 90 valence electrons. The van der Waals surface area contributed by atoms with Gasteiger partial charge in [-0.25, -0.2) is 4.98 Å². The summed E-state index contributed by atoms with van der Waals surface area (Å²) in [5.74, 6) is -0.159. The fraction of sp³-hybridized carbons (Fsp3) is 0.364. The van der Waals surface area contributed by atoms with Crippen molar-refractivity contribution in [3.63, 3.8) is 0 Å². The van der Waals surface area contributed by atoms with Gasteiger partial charge < -0.3 is 11.1 Å². The molecule has 2 aromatic heterocycles. The molecule has 6 nitrogen and oxygen atoms in total. The van der Waals surface area contributed by atoms with Crippen molar-refractivity contribution in [3.05, 3.63) is 23.5 Å². The van der Waals surface area contributed by atoms with Gasteiger partial charge in [-0.15, -0.1) is 0 Å². The van der Waals surface area contributed by atoms with E-state index >= 15 is 0 Å². The van der Waals surface area contributed by atoms with Crippen molar-refractivity contribution in [2.45, 2.75) is 6.92 Å². The van der Waals surface area contributed by atoms with Crippen LogP contribution in [0, 0.1) is 6.92 Å². The number of rotatable bonds is 3. The monoisotopic (exact) mass is 233 g/mol. The molecule has 0 aliphatic heterocycles. The van der Waals surface area contributed by atoms with Crippen LogP contribution in [0.3, 0.4) is 0 Å². The maximum Gasteiger partial charge on any atom is 0.252 e. The van der Waals surface area contributed by atoms with Crippen LogP contribution >= 0.6 is 0 Å². The Kier molecular flexibility index (Phi) is 3.06. The number of fused-ring (bicyclic) bond motifs is 1. The van der Waals surface area contributed by atoms with Crippen LogP contribution in [-0.2, 0) is 7.05 Å². The molecule has 2 heterocycles. The van der Waals surface area contributed by atoms with E-state index in [-0.39, 0.29) is 5.91 Å². The molecule has 0 saturated carbocycles. The maximum absolute atomic E-state index is 11.7. The second-order valence-corrected chi connectivity index (χ2v) is 3.85. The molecule has 17 heavy (non-hydrogen) atoms. The van der Waals surface area contributed by atoms with Crippen molar-refractivity contribution >= 4 is 16.9 Å². The summed E-state index contributed by atoms with van der Waals surface area (Å²) in [4.78, 5) is 16.0. The van der Waals surface area contributed by atoms with E-state index in [0.29, 0.717) is 18.7 Å². The number of nitrogens with two attached hydrogens (primary N) is 1. The van der Waals surface area contributed by atoms with Crippen LogP contribution < -0.4 is 11.1 Å². The molecule has 0 fully saturated rings. The fourth-order valence-electron chi connectivity index (χ4n) is 1.72. The number of amides is 1. The molecule has 2 rings (SSSR count). The van der Waals surface area contributed by atoms with Gasteiger partial charge in [-0.05, 0) is 13.0 Å². The molecule has 0 spiro atoms. The highest BCUT2D eigenvalue weighted by atomic mass is 16.1. The Morgan fingerprint density at radius 3 is 3.06 bits per heavy atom. The second-order valence-electron chi connectivity index (χ2n) is 3.85. The van der Waals surface area contributed by atoms with Crippen LogP contribution in [0.15, 0.2) is 12.3 Å². The third kappa shape index (κ3) is 2.12. The van der Waals surface area contributed by atoms with Gasteiger partial charge in [0, 0.05) is 31.7 Å². The Labute approximate surface area is 98.8 Å². The molecule has 3 N–H and O–H groups in total. The number of hydrogen-bond acceptors (Lipinski definition) is 4. The minimum absolute atomic E-state index is 0.159. The van der Waals surface area contributed by atoms with E-state index in [0.717, 1.165) is 16.7 Å². The first-order valence-electron chi connectivity index (χ1n) is 5.41. The summed E-state index contributed by atoms with van der Waals surface area (Å²) >= 11 is 0. The van der Waals surface area contributed by atoms with Gasteiger partial charge in [0.2, 0.25) is 0 Å². The normalized spacial score (nSPS) is 10.8. The molecule has 0 unspecified atom stereocenters. The fourth-order valence-corrected chi connectivity index (χ4v) is 1.72. The quantitative estimate of drug-likeness (QED) is 0.779. The summed E-state index contributed by atoms with van der Waals surface area (Å²) in [6, 6.07) is 1.80. The predicted octanol–water partition coefficient (Wildman–Crippen LogP) is -0.0348. The van der Waals surface area contributed by atoms with Gasteiger partial charge >= 0.3 is 0 Å². The summed E-state index contributed by atoms with van der Waals surface area (Å²) in [5.41, 5.74) is 7.50. The Morgan fingerprint density at radius 1 is 1.59 bits per heavy atom. The van der Waals surface area contributed by atoms with Crippen LogP contribution in [0.4, 0.5) is 0 Å². The van der Waals surface area contributed by atoms with E-state index in [2.05, 4.69) is 15.4 Å². The third-order valence-corrected chi connectivity index (χ3v) is 2.56. The zero-order chi connectivity index (χ0) is 12.4. The highest BCUT2D eigenvalue weighted by Crippen LogP contribution is 2.16. The Bertz CT molecular complexity index is 560. The highest BCUT2D eigenvalue weighted by molar-refractivity contribution is 5.97. The number of nitrogens with zero attached hydrogens (tertiary/aromatic N) is 3. The molecule has 0 aliphatic carbocycles.